The molecule has 98 valence electrons. The molecular weight excluding hydrogens is 230 g/mol. The minimum Gasteiger partial charge on any atom is -0.497 e. The maximum absolute atomic E-state index is 11.2. The second-order valence-corrected chi connectivity index (χ2v) is 4.82. The number of methoxy groups -OCH3 is 1. The first kappa shape index (κ1) is 12.9. The largest absolute Gasteiger partial charge is 0.497 e. The van der Waals surface area contributed by atoms with Gasteiger partial charge in [0.1, 0.15) is 11.8 Å². The van der Waals surface area contributed by atoms with Gasteiger partial charge in [-0.1, -0.05) is 12.1 Å². The fourth-order valence-electron chi connectivity index (χ4n) is 2.11. The topological polar surface area (TPSA) is 58.6 Å². The van der Waals surface area contributed by atoms with Crippen LogP contribution in [0, 0.1) is 5.92 Å². The maximum Gasteiger partial charge on any atom is 0.320 e. The van der Waals surface area contributed by atoms with E-state index in [-0.39, 0.29) is 12.0 Å². The fraction of sp³-hybridized carbons (Fsp3) is 0.500. The molecule has 1 aliphatic rings. The summed E-state index contributed by atoms with van der Waals surface area (Å²) in [5.41, 5.74) is 1.04. The Bertz CT molecular complexity index is 429. The summed E-state index contributed by atoms with van der Waals surface area (Å²) in [5.74, 6) is 0.322. The van der Waals surface area contributed by atoms with Crippen molar-refractivity contribution in [1.82, 2.24) is 5.32 Å². The van der Waals surface area contributed by atoms with Crippen LogP contribution < -0.4 is 10.1 Å². The summed E-state index contributed by atoms with van der Waals surface area (Å²) in [6.45, 7) is 1.98. The third-order valence-corrected chi connectivity index (χ3v) is 3.38. The third kappa shape index (κ3) is 3.01. The van der Waals surface area contributed by atoms with Crippen molar-refractivity contribution in [1.29, 1.82) is 0 Å². The van der Waals surface area contributed by atoms with Gasteiger partial charge in [-0.15, -0.1) is 0 Å². The van der Waals surface area contributed by atoms with E-state index in [1.807, 2.05) is 31.2 Å². The van der Waals surface area contributed by atoms with Crippen LogP contribution in [0.1, 0.15) is 31.4 Å². The van der Waals surface area contributed by atoms with Crippen LogP contribution in [0.3, 0.4) is 0 Å². The van der Waals surface area contributed by atoms with Gasteiger partial charge in [-0.3, -0.25) is 10.1 Å². The molecular formula is C14H19NO3. The molecule has 0 radical (unpaired) electrons. The van der Waals surface area contributed by atoms with Crippen LogP contribution in [-0.4, -0.2) is 24.2 Å². The molecule has 4 heteroatoms. The molecule has 0 spiro atoms. The SMILES string of the molecule is COc1cccc([C@H](C)NC(C(=O)O)C2CC2)c1. The third-order valence-electron chi connectivity index (χ3n) is 3.38. The quantitative estimate of drug-likeness (QED) is 0.811. The van der Waals surface area contributed by atoms with Gasteiger partial charge in [-0.25, -0.2) is 0 Å². The van der Waals surface area contributed by atoms with Crippen molar-refractivity contribution in [3.63, 3.8) is 0 Å². The highest BCUT2D eigenvalue weighted by molar-refractivity contribution is 5.74. The maximum atomic E-state index is 11.2. The Labute approximate surface area is 107 Å². The molecule has 1 saturated carbocycles. The highest BCUT2D eigenvalue weighted by Gasteiger charge is 2.36. The Morgan fingerprint density at radius 2 is 2.22 bits per heavy atom. The Kier molecular flexibility index (Phi) is 3.87. The highest BCUT2D eigenvalue weighted by atomic mass is 16.5. The van der Waals surface area contributed by atoms with E-state index in [0.29, 0.717) is 0 Å². The highest BCUT2D eigenvalue weighted by Crippen LogP contribution is 2.34. The summed E-state index contributed by atoms with van der Waals surface area (Å²) in [4.78, 5) is 11.2. The molecule has 0 amide bonds. The Morgan fingerprint density at radius 1 is 1.50 bits per heavy atom. The van der Waals surface area contributed by atoms with Gasteiger partial charge in [-0.2, -0.15) is 0 Å². The zero-order valence-electron chi connectivity index (χ0n) is 10.7. The van der Waals surface area contributed by atoms with Crippen molar-refractivity contribution in [2.75, 3.05) is 7.11 Å². The van der Waals surface area contributed by atoms with E-state index in [0.717, 1.165) is 24.2 Å². The number of aliphatic carboxylic acids is 1. The second-order valence-electron chi connectivity index (χ2n) is 4.82. The number of benzene rings is 1. The predicted molar refractivity (Wildman–Crippen MR) is 68.7 cm³/mol. The van der Waals surface area contributed by atoms with Crippen LogP contribution in [0.5, 0.6) is 5.75 Å². The van der Waals surface area contributed by atoms with Crippen LogP contribution in [0.4, 0.5) is 0 Å². The first-order valence-electron chi connectivity index (χ1n) is 6.24. The van der Waals surface area contributed by atoms with Crippen molar-refractivity contribution in [3.8, 4) is 5.75 Å². The van der Waals surface area contributed by atoms with E-state index in [1.165, 1.54) is 0 Å². The number of ether oxygens (including phenoxy) is 1. The van der Waals surface area contributed by atoms with Gasteiger partial charge in [0.15, 0.2) is 0 Å². The first-order chi connectivity index (χ1) is 8.61. The molecule has 1 aliphatic carbocycles. The van der Waals surface area contributed by atoms with Crippen molar-refractivity contribution < 1.29 is 14.6 Å². The molecule has 0 bridgehead atoms. The second kappa shape index (κ2) is 5.40. The summed E-state index contributed by atoms with van der Waals surface area (Å²) in [7, 11) is 1.63. The molecule has 2 rings (SSSR count). The number of hydrogen-bond acceptors (Lipinski definition) is 3. The molecule has 0 heterocycles. The summed E-state index contributed by atoms with van der Waals surface area (Å²) in [6.07, 6.45) is 2.02. The number of carboxylic acid groups (broad SMARTS) is 1. The molecule has 1 aromatic rings. The summed E-state index contributed by atoms with van der Waals surface area (Å²) < 4.78 is 5.17. The summed E-state index contributed by atoms with van der Waals surface area (Å²) in [6, 6.07) is 7.27. The standard InChI is InChI=1S/C14H19NO3/c1-9(11-4-3-5-12(8-11)18-2)15-13(14(16)17)10-6-7-10/h3-5,8-10,13,15H,6-7H2,1-2H3,(H,16,17)/t9-,13?/m0/s1. The number of nitrogens with one attached hydrogen (secondary N) is 1. The van der Waals surface area contributed by atoms with E-state index in [1.54, 1.807) is 7.11 Å². The Hall–Kier alpha value is -1.55. The van der Waals surface area contributed by atoms with E-state index >= 15 is 0 Å². The molecule has 0 saturated heterocycles. The van der Waals surface area contributed by atoms with Crippen molar-refractivity contribution >= 4 is 5.97 Å². The van der Waals surface area contributed by atoms with Crippen LogP contribution in [0.25, 0.3) is 0 Å². The lowest BCUT2D eigenvalue weighted by Gasteiger charge is -2.20. The number of carbonyl (C=O) groups is 1. The Balaban J connectivity index is 2.05. The monoisotopic (exact) mass is 249 g/mol. The molecule has 18 heavy (non-hydrogen) atoms. The molecule has 1 fully saturated rings. The molecule has 2 atom stereocenters. The van der Waals surface area contributed by atoms with E-state index in [9.17, 15) is 9.90 Å². The molecule has 4 nitrogen and oxygen atoms in total. The summed E-state index contributed by atoms with van der Waals surface area (Å²) in [5, 5.41) is 12.4. The lowest BCUT2D eigenvalue weighted by Crippen LogP contribution is -2.40. The van der Waals surface area contributed by atoms with Gasteiger partial charge < -0.3 is 9.84 Å². The lowest BCUT2D eigenvalue weighted by atomic mass is 10.1. The van der Waals surface area contributed by atoms with E-state index in [4.69, 9.17) is 4.74 Å². The van der Waals surface area contributed by atoms with Crippen molar-refractivity contribution in [2.24, 2.45) is 5.92 Å². The van der Waals surface area contributed by atoms with Gasteiger partial charge in [0.25, 0.3) is 0 Å². The lowest BCUT2D eigenvalue weighted by molar-refractivity contribution is -0.140. The average molecular weight is 249 g/mol. The minimum absolute atomic E-state index is 0.00167. The van der Waals surface area contributed by atoms with Crippen LogP contribution in [-0.2, 0) is 4.79 Å². The fourth-order valence-corrected chi connectivity index (χ4v) is 2.11. The number of carboxylic acids is 1. The molecule has 2 N–H and O–H groups in total. The molecule has 1 aromatic carbocycles. The van der Waals surface area contributed by atoms with E-state index < -0.39 is 12.0 Å². The zero-order chi connectivity index (χ0) is 13.1. The zero-order valence-corrected chi connectivity index (χ0v) is 10.7. The smallest absolute Gasteiger partial charge is 0.320 e. The van der Waals surface area contributed by atoms with E-state index in [2.05, 4.69) is 5.32 Å². The molecule has 0 aromatic heterocycles. The van der Waals surface area contributed by atoms with Gasteiger partial charge in [0, 0.05) is 6.04 Å². The van der Waals surface area contributed by atoms with Crippen molar-refractivity contribution in [3.05, 3.63) is 29.8 Å². The van der Waals surface area contributed by atoms with Crippen LogP contribution >= 0.6 is 0 Å². The van der Waals surface area contributed by atoms with Crippen LogP contribution in [0.2, 0.25) is 0 Å². The van der Waals surface area contributed by atoms with Crippen molar-refractivity contribution in [2.45, 2.75) is 31.8 Å². The normalized spacial score (nSPS) is 18.1. The molecule has 1 unspecified atom stereocenters. The average Bonchev–Trinajstić information content (AvgIpc) is 3.19. The summed E-state index contributed by atoms with van der Waals surface area (Å²) >= 11 is 0. The Morgan fingerprint density at radius 3 is 2.78 bits per heavy atom. The first-order valence-corrected chi connectivity index (χ1v) is 6.24. The van der Waals surface area contributed by atoms with Gasteiger partial charge in [0.05, 0.1) is 7.11 Å². The minimum atomic E-state index is -0.757. The van der Waals surface area contributed by atoms with Gasteiger partial charge in [-0.05, 0) is 43.4 Å². The molecule has 0 aliphatic heterocycles. The van der Waals surface area contributed by atoms with Gasteiger partial charge in [0.2, 0.25) is 0 Å². The number of hydrogen-bond donors (Lipinski definition) is 2. The predicted octanol–water partition coefficient (Wildman–Crippen LogP) is 2.21. The van der Waals surface area contributed by atoms with Crippen LogP contribution in [0.15, 0.2) is 24.3 Å². The van der Waals surface area contributed by atoms with Gasteiger partial charge >= 0.3 is 5.97 Å². The number of rotatable bonds is 6.